The van der Waals surface area contributed by atoms with E-state index in [1.54, 1.807) is 50.2 Å². The summed E-state index contributed by atoms with van der Waals surface area (Å²) in [7, 11) is 0. The van der Waals surface area contributed by atoms with Crippen LogP contribution in [0.1, 0.15) is 31.0 Å². The number of nitrogens with zero attached hydrogens (tertiary/aromatic N) is 2. The summed E-state index contributed by atoms with van der Waals surface area (Å²) in [5, 5.41) is 3.34. The molecule has 33 heavy (non-hydrogen) atoms. The summed E-state index contributed by atoms with van der Waals surface area (Å²) in [5.74, 6) is -0.883. The quantitative estimate of drug-likeness (QED) is 0.585. The average molecular weight is 480 g/mol. The molecular weight excluding hydrogens is 462 g/mol. The zero-order valence-electron chi connectivity index (χ0n) is 17.7. The van der Waals surface area contributed by atoms with Crippen LogP contribution in [0, 0.1) is 0 Å². The van der Waals surface area contributed by atoms with E-state index in [1.165, 1.54) is 4.57 Å². The van der Waals surface area contributed by atoms with Crippen molar-refractivity contribution in [1.82, 2.24) is 4.57 Å². The first-order chi connectivity index (χ1) is 15.9. The van der Waals surface area contributed by atoms with Gasteiger partial charge in [-0.15, -0.1) is 0 Å². The molecule has 2 aliphatic heterocycles. The molecule has 9 heteroatoms. The van der Waals surface area contributed by atoms with Crippen molar-refractivity contribution in [2.45, 2.75) is 19.9 Å². The van der Waals surface area contributed by atoms with Crippen LogP contribution in [0.2, 0.25) is 5.02 Å². The van der Waals surface area contributed by atoms with Crippen LogP contribution in [0.25, 0.3) is 5.57 Å². The number of nitrogens with one attached hydrogen (secondary N) is 1. The van der Waals surface area contributed by atoms with Gasteiger partial charge in [-0.2, -0.15) is 0 Å². The van der Waals surface area contributed by atoms with Gasteiger partial charge in [-0.1, -0.05) is 53.3 Å². The van der Waals surface area contributed by atoms with E-state index >= 15 is 0 Å². The van der Waals surface area contributed by atoms with Crippen LogP contribution in [-0.4, -0.2) is 23.1 Å². The van der Waals surface area contributed by atoms with Gasteiger partial charge in [-0.25, -0.2) is 9.79 Å². The number of benzene rings is 2. The number of amides is 1. The molecule has 0 saturated heterocycles. The molecule has 1 amide bonds. The van der Waals surface area contributed by atoms with Crippen LogP contribution < -0.4 is 20.2 Å². The molecule has 3 aromatic rings. The number of carbonyl (C=O) groups is 2. The highest BCUT2D eigenvalue weighted by atomic mass is 35.5. The number of carbonyl (C=O) groups excluding carboxylic acids is 2. The molecular formula is C24H18ClN3O4S. The second kappa shape index (κ2) is 8.13. The fourth-order valence-electron chi connectivity index (χ4n) is 4.15. The topological polar surface area (TPSA) is 89.8 Å². The molecule has 3 heterocycles. The fraction of sp³-hybridized carbons (Fsp3) is 0.167. The van der Waals surface area contributed by atoms with Crippen LogP contribution in [0.4, 0.5) is 5.69 Å². The van der Waals surface area contributed by atoms with Gasteiger partial charge in [0.2, 0.25) is 0 Å². The van der Waals surface area contributed by atoms with E-state index in [-0.39, 0.29) is 22.6 Å². The Bertz CT molecular complexity index is 1530. The van der Waals surface area contributed by atoms with E-state index in [4.69, 9.17) is 16.3 Å². The predicted molar refractivity (Wildman–Crippen MR) is 126 cm³/mol. The van der Waals surface area contributed by atoms with Gasteiger partial charge in [-0.05, 0) is 37.6 Å². The lowest BCUT2D eigenvalue weighted by molar-refractivity contribution is -0.139. The average Bonchev–Trinajstić information content (AvgIpc) is 3.28. The summed E-state index contributed by atoms with van der Waals surface area (Å²) in [6, 6.07) is 13.4. The number of rotatable bonds is 3. The van der Waals surface area contributed by atoms with Crippen LogP contribution in [0.15, 0.2) is 69.6 Å². The zero-order chi connectivity index (χ0) is 23.3. The third-order valence-electron chi connectivity index (χ3n) is 5.58. The first-order valence-electron chi connectivity index (χ1n) is 10.3. The van der Waals surface area contributed by atoms with Crippen LogP contribution in [0.5, 0.6) is 0 Å². The number of para-hydroxylation sites is 1. The number of ether oxygens (including phenoxy) is 1. The lowest BCUT2D eigenvalue weighted by Crippen LogP contribution is -2.40. The molecule has 166 valence electrons. The molecule has 1 atom stereocenters. The Kier molecular flexibility index (Phi) is 5.26. The maximum atomic E-state index is 13.8. The Hall–Kier alpha value is -3.49. The van der Waals surface area contributed by atoms with Crippen LogP contribution in [-0.2, 0) is 14.3 Å². The molecule has 0 spiro atoms. The summed E-state index contributed by atoms with van der Waals surface area (Å²) in [4.78, 5) is 44.4. The summed E-state index contributed by atoms with van der Waals surface area (Å²) >= 11 is 7.21. The normalized spacial score (nSPS) is 18.4. The van der Waals surface area contributed by atoms with Gasteiger partial charge in [-0.3, -0.25) is 14.2 Å². The van der Waals surface area contributed by atoms with Crippen molar-refractivity contribution in [2.24, 2.45) is 4.99 Å². The number of anilines is 1. The molecule has 1 aromatic heterocycles. The van der Waals surface area contributed by atoms with Crippen LogP contribution in [0.3, 0.4) is 0 Å². The summed E-state index contributed by atoms with van der Waals surface area (Å²) in [6.45, 7) is 3.62. The lowest BCUT2D eigenvalue weighted by atomic mass is 9.96. The third-order valence-corrected chi connectivity index (χ3v) is 6.88. The molecule has 1 N–H and O–H groups in total. The van der Waals surface area contributed by atoms with Gasteiger partial charge in [0.1, 0.15) is 4.53 Å². The fourth-order valence-corrected chi connectivity index (χ4v) is 5.41. The molecule has 2 aromatic carbocycles. The SMILES string of the molecule is CCOC(=O)C1=C(C)N=c2s/c(=C3\C(=O)Nc4ccccc43)c(=O)n2[C@H]1c1ccc(Cl)cc1. The highest BCUT2D eigenvalue weighted by molar-refractivity contribution is 7.07. The van der Waals surface area contributed by atoms with Gasteiger partial charge in [0, 0.05) is 16.3 Å². The number of thiazole rings is 1. The van der Waals surface area contributed by atoms with E-state index in [0.717, 1.165) is 11.3 Å². The van der Waals surface area contributed by atoms with Gasteiger partial charge >= 0.3 is 5.97 Å². The Morgan fingerprint density at radius 1 is 1.18 bits per heavy atom. The Balaban J connectivity index is 1.82. The van der Waals surface area contributed by atoms with E-state index < -0.39 is 17.6 Å². The maximum absolute atomic E-state index is 13.8. The minimum atomic E-state index is -0.758. The largest absolute Gasteiger partial charge is 0.463 e. The number of allylic oxidation sites excluding steroid dienone is 1. The molecule has 0 aliphatic carbocycles. The van der Waals surface area contributed by atoms with Gasteiger partial charge < -0.3 is 10.1 Å². The number of hydrogen-bond acceptors (Lipinski definition) is 6. The van der Waals surface area contributed by atoms with E-state index in [1.807, 2.05) is 12.1 Å². The highest BCUT2D eigenvalue weighted by Crippen LogP contribution is 2.32. The van der Waals surface area contributed by atoms with Crippen molar-refractivity contribution in [3.05, 3.63) is 95.6 Å². The van der Waals surface area contributed by atoms with Crippen molar-refractivity contribution in [2.75, 3.05) is 11.9 Å². The number of halogens is 1. The molecule has 7 nitrogen and oxygen atoms in total. The van der Waals surface area contributed by atoms with Crippen LogP contribution >= 0.6 is 22.9 Å². The number of esters is 1. The summed E-state index contributed by atoms with van der Waals surface area (Å²) < 4.78 is 7.02. The number of hydrogen-bond donors (Lipinski definition) is 1. The second-order valence-electron chi connectivity index (χ2n) is 7.55. The Morgan fingerprint density at radius 3 is 2.64 bits per heavy atom. The molecule has 0 bridgehead atoms. The molecule has 0 unspecified atom stereocenters. The zero-order valence-corrected chi connectivity index (χ0v) is 19.3. The first-order valence-corrected chi connectivity index (χ1v) is 11.5. The van der Waals surface area contributed by atoms with Gasteiger partial charge in [0.05, 0.1) is 29.5 Å². The maximum Gasteiger partial charge on any atom is 0.338 e. The van der Waals surface area contributed by atoms with E-state index in [9.17, 15) is 14.4 Å². The molecule has 2 aliphatic rings. The summed E-state index contributed by atoms with van der Waals surface area (Å²) in [6.07, 6.45) is 0. The van der Waals surface area contributed by atoms with Crippen molar-refractivity contribution in [3.63, 3.8) is 0 Å². The minimum absolute atomic E-state index is 0.189. The highest BCUT2D eigenvalue weighted by Gasteiger charge is 2.35. The smallest absolute Gasteiger partial charge is 0.338 e. The number of aromatic nitrogens is 1. The summed E-state index contributed by atoms with van der Waals surface area (Å²) in [5.41, 5.74) is 2.66. The number of fused-ring (bicyclic) bond motifs is 2. The van der Waals surface area contributed by atoms with Crippen molar-refractivity contribution < 1.29 is 14.3 Å². The van der Waals surface area contributed by atoms with Gasteiger partial charge in [0.25, 0.3) is 11.5 Å². The van der Waals surface area contributed by atoms with E-state index in [0.29, 0.717) is 37.9 Å². The molecule has 5 rings (SSSR count). The second-order valence-corrected chi connectivity index (χ2v) is 8.96. The van der Waals surface area contributed by atoms with Crippen molar-refractivity contribution >= 4 is 46.1 Å². The Morgan fingerprint density at radius 2 is 1.91 bits per heavy atom. The molecule has 0 saturated carbocycles. The molecule has 0 fully saturated rings. The van der Waals surface area contributed by atoms with Crippen molar-refractivity contribution in [1.29, 1.82) is 0 Å². The van der Waals surface area contributed by atoms with Crippen molar-refractivity contribution in [3.8, 4) is 0 Å². The lowest BCUT2D eigenvalue weighted by Gasteiger charge is -2.24. The molecule has 0 radical (unpaired) electrons. The standard InChI is InChI=1S/C24H18ClN3O4S/c1-3-32-23(31)17-12(2)26-24-28(19(17)13-8-10-14(25)11-9-13)22(30)20(33-24)18-15-6-4-5-7-16(15)27-21(18)29/h4-11,19H,3H2,1-2H3,(H,27,29)/b20-18-/t19-/m0/s1. The monoisotopic (exact) mass is 479 g/mol. The van der Waals surface area contributed by atoms with E-state index in [2.05, 4.69) is 10.3 Å². The minimum Gasteiger partial charge on any atom is -0.463 e. The first kappa shape index (κ1) is 21.4. The van der Waals surface area contributed by atoms with Gasteiger partial charge in [0.15, 0.2) is 4.80 Å². The predicted octanol–water partition coefficient (Wildman–Crippen LogP) is 2.77. The Labute approximate surface area is 197 Å². The third kappa shape index (κ3) is 3.42.